The molecule has 166 valence electrons. The Morgan fingerprint density at radius 3 is 2.62 bits per heavy atom. The molecule has 4 rings (SSSR count). The van der Waals surface area contributed by atoms with Gasteiger partial charge in [0.05, 0.1) is 18.8 Å². The average Bonchev–Trinajstić information content (AvgIpc) is 2.79. The highest BCUT2D eigenvalue weighted by Crippen LogP contribution is 2.30. The summed E-state index contributed by atoms with van der Waals surface area (Å²) in [6.07, 6.45) is 2.67. The maximum Gasteiger partial charge on any atom is 0.264 e. The number of fused-ring (bicyclic) bond motifs is 1. The number of ether oxygens (including phenoxy) is 1. The zero-order valence-corrected chi connectivity index (χ0v) is 18.3. The van der Waals surface area contributed by atoms with Crippen molar-refractivity contribution in [3.8, 4) is 5.75 Å². The number of carbonyl (C=O) groups excluding carboxylic acids is 1. The first-order valence-corrected chi connectivity index (χ1v) is 11.7. The van der Waals surface area contributed by atoms with Gasteiger partial charge in [0.15, 0.2) is 0 Å². The minimum absolute atomic E-state index is 0.0647. The number of para-hydroxylation sites is 2. The molecule has 2 N–H and O–H groups in total. The maximum atomic E-state index is 14.5. The van der Waals surface area contributed by atoms with E-state index < -0.39 is 26.6 Å². The molecule has 0 unspecified atom stereocenters. The van der Waals surface area contributed by atoms with Crippen LogP contribution < -0.4 is 14.8 Å². The largest absolute Gasteiger partial charge is 0.495 e. The number of aryl methyl sites for hydroxylation is 1. The van der Waals surface area contributed by atoms with E-state index in [4.69, 9.17) is 4.74 Å². The molecule has 0 bridgehead atoms. The first-order valence-electron chi connectivity index (χ1n) is 10.2. The topological polar surface area (TPSA) is 84.5 Å². The molecule has 0 aliphatic heterocycles. The van der Waals surface area contributed by atoms with E-state index in [9.17, 15) is 17.6 Å². The van der Waals surface area contributed by atoms with Crippen LogP contribution >= 0.6 is 0 Å². The van der Waals surface area contributed by atoms with Crippen molar-refractivity contribution < 1.29 is 22.3 Å². The van der Waals surface area contributed by atoms with Crippen molar-refractivity contribution in [1.29, 1.82) is 0 Å². The lowest BCUT2D eigenvalue weighted by atomic mass is 9.87. The number of carbonyl (C=O) groups is 1. The fourth-order valence-corrected chi connectivity index (χ4v) is 5.10. The van der Waals surface area contributed by atoms with Crippen LogP contribution in [0, 0.1) is 5.82 Å². The van der Waals surface area contributed by atoms with Gasteiger partial charge in [-0.25, -0.2) is 12.8 Å². The molecule has 0 saturated carbocycles. The van der Waals surface area contributed by atoms with Gasteiger partial charge in [0.2, 0.25) is 0 Å². The van der Waals surface area contributed by atoms with Crippen LogP contribution in [-0.2, 0) is 16.4 Å². The highest BCUT2D eigenvalue weighted by Gasteiger charge is 2.25. The van der Waals surface area contributed by atoms with E-state index in [1.165, 1.54) is 24.8 Å². The zero-order valence-electron chi connectivity index (χ0n) is 17.5. The van der Waals surface area contributed by atoms with Crippen molar-refractivity contribution in [2.45, 2.75) is 30.2 Å². The number of hydrogen-bond donors (Lipinski definition) is 2. The summed E-state index contributed by atoms with van der Waals surface area (Å²) in [5, 5.41) is 2.96. The molecule has 0 fully saturated rings. The number of nitrogens with one attached hydrogen (secondary N) is 2. The van der Waals surface area contributed by atoms with E-state index in [1.807, 2.05) is 24.3 Å². The first kappa shape index (κ1) is 21.8. The van der Waals surface area contributed by atoms with E-state index in [1.54, 1.807) is 18.2 Å². The van der Waals surface area contributed by atoms with Crippen molar-refractivity contribution in [3.63, 3.8) is 0 Å². The molecule has 1 amide bonds. The summed E-state index contributed by atoms with van der Waals surface area (Å²) in [6.45, 7) is 0. The molecule has 1 atom stereocenters. The monoisotopic (exact) mass is 454 g/mol. The first-order chi connectivity index (χ1) is 15.4. The third-order valence-corrected chi connectivity index (χ3v) is 6.89. The Kier molecular flexibility index (Phi) is 6.14. The second-order valence-electron chi connectivity index (χ2n) is 7.57. The number of anilines is 1. The van der Waals surface area contributed by atoms with E-state index in [2.05, 4.69) is 10.0 Å². The van der Waals surface area contributed by atoms with Crippen LogP contribution in [0.2, 0.25) is 0 Å². The third kappa shape index (κ3) is 4.45. The molecule has 1 aliphatic rings. The van der Waals surface area contributed by atoms with Crippen LogP contribution in [0.3, 0.4) is 0 Å². The summed E-state index contributed by atoms with van der Waals surface area (Å²) in [4.78, 5) is 12.3. The molecular formula is C24H23FN2O4S. The van der Waals surface area contributed by atoms with Crippen LogP contribution in [0.25, 0.3) is 0 Å². The van der Waals surface area contributed by atoms with E-state index in [0.29, 0.717) is 5.75 Å². The standard InChI is InChI=1S/C24H23FN2O4S/c1-31-22-12-5-4-10-21(22)27-32(29,30)23-15-17(13-14-19(23)25)24(28)26-20-11-6-8-16-7-2-3-9-18(16)20/h2-5,7,9-10,12-15,20,27H,6,8,11H2,1H3,(H,26,28)/t20-/m0/s1. The summed E-state index contributed by atoms with van der Waals surface area (Å²) in [6, 6.07) is 17.5. The van der Waals surface area contributed by atoms with Crippen molar-refractivity contribution in [2.75, 3.05) is 11.8 Å². The summed E-state index contributed by atoms with van der Waals surface area (Å²) in [7, 11) is -2.89. The normalized spacial score (nSPS) is 15.5. The highest BCUT2D eigenvalue weighted by atomic mass is 32.2. The summed E-state index contributed by atoms with van der Waals surface area (Å²) < 4.78 is 47.7. The molecule has 0 aromatic heterocycles. The Bertz CT molecular complexity index is 1260. The number of hydrogen-bond acceptors (Lipinski definition) is 4. The molecule has 0 saturated heterocycles. The SMILES string of the molecule is COc1ccccc1NS(=O)(=O)c1cc(C(=O)N[C@H]2CCCc3ccccc32)ccc1F. The number of rotatable bonds is 6. The number of amides is 1. The fourth-order valence-electron chi connectivity index (χ4n) is 3.92. The number of benzene rings is 3. The molecular weight excluding hydrogens is 431 g/mol. The fraction of sp³-hybridized carbons (Fsp3) is 0.208. The van der Waals surface area contributed by atoms with E-state index >= 15 is 0 Å². The molecule has 3 aromatic rings. The molecule has 3 aromatic carbocycles. The van der Waals surface area contributed by atoms with Crippen molar-refractivity contribution in [1.82, 2.24) is 5.32 Å². The Labute approximate surface area is 186 Å². The van der Waals surface area contributed by atoms with E-state index in [-0.39, 0.29) is 17.3 Å². The lowest BCUT2D eigenvalue weighted by Crippen LogP contribution is -2.31. The lowest BCUT2D eigenvalue weighted by molar-refractivity contribution is 0.0932. The van der Waals surface area contributed by atoms with Crippen LogP contribution in [0.4, 0.5) is 10.1 Å². The van der Waals surface area contributed by atoms with Crippen molar-refractivity contribution >= 4 is 21.6 Å². The summed E-state index contributed by atoms with van der Waals surface area (Å²) in [5.41, 5.74) is 2.48. The van der Waals surface area contributed by atoms with Gasteiger partial charge in [-0.05, 0) is 60.7 Å². The molecule has 0 spiro atoms. The van der Waals surface area contributed by atoms with Crippen molar-refractivity contribution in [2.24, 2.45) is 0 Å². The molecule has 0 heterocycles. The van der Waals surface area contributed by atoms with Crippen LogP contribution in [-0.4, -0.2) is 21.4 Å². The number of halogens is 1. The molecule has 6 nitrogen and oxygen atoms in total. The smallest absolute Gasteiger partial charge is 0.264 e. The molecule has 1 aliphatic carbocycles. The van der Waals surface area contributed by atoms with Gasteiger partial charge in [0.1, 0.15) is 16.5 Å². The van der Waals surface area contributed by atoms with Gasteiger partial charge in [0.25, 0.3) is 15.9 Å². The Morgan fingerprint density at radius 2 is 1.81 bits per heavy atom. The van der Waals surface area contributed by atoms with Crippen LogP contribution in [0.5, 0.6) is 5.75 Å². The van der Waals surface area contributed by atoms with Gasteiger partial charge in [-0.3, -0.25) is 9.52 Å². The van der Waals surface area contributed by atoms with E-state index in [0.717, 1.165) is 37.0 Å². The predicted octanol–water partition coefficient (Wildman–Crippen LogP) is 4.44. The van der Waals surface area contributed by atoms with Crippen LogP contribution in [0.1, 0.15) is 40.4 Å². The third-order valence-electron chi connectivity index (χ3n) is 5.51. The lowest BCUT2D eigenvalue weighted by Gasteiger charge is -2.26. The summed E-state index contributed by atoms with van der Waals surface area (Å²) >= 11 is 0. The van der Waals surface area contributed by atoms with Gasteiger partial charge >= 0.3 is 0 Å². The molecule has 0 radical (unpaired) electrons. The van der Waals surface area contributed by atoms with Crippen LogP contribution in [0.15, 0.2) is 71.6 Å². The minimum atomic E-state index is -4.30. The second kappa shape index (κ2) is 9.00. The van der Waals surface area contributed by atoms with Crippen molar-refractivity contribution in [3.05, 3.63) is 89.2 Å². The Morgan fingerprint density at radius 1 is 1.06 bits per heavy atom. The number of sulfonamides is 1. The second-order valence-corrected chi connectivity index (χ2v) is 9.22. The summed E-state index contributed by atoms with van der Waals surface area (Å²) in [5.74, 6) is -1.12. The quantitative estimate of drug-likeness (QED) is 0.577. The van der Waals surface area contributed by atoms with Gasteiger partial charge < -0.3 is 10.1 Å². The van der Waals surface area contributed by atoms with Gasteiger partial charge in [-0.1, -0.05) is 36.4 Å². The number of methoxy groups -OCH3 is 1. The van der Waals surface area contributed by atoms with Gasteiger partial charge in [-0.2, -0.15) is 0 Å². The molecule has 8 heteroatoms. The Hall–Kier alpha value is -3.39. The van der Waals surface area contributed by atoms with Gasteiger partial charge in [-0.15, -0.1) is 0 Å². The predicted molar refractivity (Wildman–Crippen MR) is 120 cm³/mol. The zero-order chi connectivity index (χ0) is 22.7. The maximum absolute atomic E-state index is 14.5. The highest BCUT2D eigenvalue weighted by molar-refractivity contribution is 7.92. The average molecular weight is 455 g/mol. The Balaban J connectivity index is 1.59. The van der Waals surface area contributed by atoms with Gasteiger partial charge in [0, 0.05) is 5.56 Å². The molecule has 32 heavy (non-hydrogen) atoms. The minimum Gasteiger partial charge on any atom is -0.495 e.